The van der Waals surface area contributed by atoms with E-state index in [0.29, 0.717) is 11.1 Å². The molecule has 1 aliphatic carbocycles. The molecule has 0 unspecified atom stereocenters. The topological polar surface area (TPSA) is 271 Å². The first-order valence-electron chi connectivity index (χ1n) is 19.0. The number of aromatic nitrogens is 1. The number of fused-ring (bicyclic) bond motifs is 4. The van der Waals surface area contributed by atoms with Crippen molar-refractivity contribution in [3.05, 3.63) is 126 Å². The van der Waals surface area contributed by atoms with Crippen LogP contribution in [0, 0.1) is 0 Å². The number of aromatic amines is 1. The van der Waals surface area contributed by atoms with Gasteiger partial charge in [0.1, 0.15) is 43.6 Å². The molecule has 17 heteroatoms. The van der Waals surface area contributed by atoms with E-state index in [1.54, 1.807) is 30.5 Å². The Hall–Kier alpha value is -7.69. The molecule has 60 heavy (non-hydrogen) atoms. The van der Waals surface area contributed by atoms with Gasteiger partial charge in [-0.1, -0.05) is 78.9 Å². The van der Waals surface area contributed by atoms with Crippen LogP contribution >= 0.6 is 0 Å². The largest absolute Gasteiger partial charge is 0.508 e. The van der Waals surface area contributed by atoms with E-state index in [0.717, 1.165) is 33.2 Å². The predicted octanol–water partition coefficient (Wildman–Crippen LogP) is 1.73. The van der Waals surface area contributed by atoms with Gasteiger partial charge in [0.2, 0.25) is 29.5 Å². The van der Waals surface area contributed by atoms with Crippen LogP contribution in [-0.2, 0) is 46.3 Å². The molecule has 310 valence electrons. The van der Waals surface area contributed by atoms with Crippen molar-refractivity contribution in [3.63, 3.8) is 0 Å². The number of rotatable bonds is 18. The Bertz CT molecular complexity index is 2370. The van der Waals surface area contributed by atoms with Crippen LogP contribution in [-0.4, -0.2) is 94.6 Å². The lowest BCUT2D eigenvalue weighted by molar-refractivity contribution is -0.138. The summed E-state index contributed by atoms with van der Waals surface area (Å²) >= 11 is 0. The third kappa shape index (κ3) is 10.6. The highest BCUT2D eigenvalue weighted by Gasteiger charge is 2.32. The van der Waals surface area contributed by atoms with E-state index in [9.17, 15) is 38.7 Å². The molecule has 1 aromatic heterocycles. The number of phenolic OH excluding ortho intramolecular Hbond substituents is 1. The van der Waals surface area contributed by atoms with Gasteiger partial charge in [0.25, 0.3) is 0 Å². The summed E-state index contributed by atoms with van der Waals surface area (Å²) in [6.45, 7) is -1.34. The van der Waals surface area contributed by atoms with Crippen LogP contribution in [0.3, 0.4) is 0 Å². The highest BCUT2D eigenvalue weighted by atomic mass is 16.5. The van der Waals surface area contributed by atoms with Crippen LogP contribution in [0.4, 0.5) is 4.79 Å². The number of carboxylic acid groups (broad SMARTS) is 1. The minimum absolute atomic E-state index is 0.000531. The number of carboxylic acids is 1. The van der Waals surface area contributed by atoms with Crippen molar-refractivity contribution in [2.75, 3.05) is 19.7 Å². The summed E-state index contributed by atoms with van der Waals surface area (Å²) in [6.07, 6.45) is -0.212. The molecule has 0 radical (unpaired) electrons. The minimum atomic E-state index is -1.65. The van der Waals surface area contributed by atoms with Crippen molar-refractivity contribution < 1.29 is 48.5 Å². The monoisotopic (exact) mass is 817 g/mol. The number of aromatic hydroxyl groups is 1. The zero-order chi connectivity index (χ0) is 42.8. The molecule has 0 fully saturated rings. The van der Waals surface area contributed by atoms with Gasteiger partial charge in [0.05, 0.1) is 6.42 Å². The lowest BCUT2D eigenvalue weighted by Crippen LogP contribution is -2.58. The number of primary amides is 1. The second kappa shape index (κ2) is 19.2. The molecule has 1 heterocycles. The van der Waals surface area contributed by atoms with Crippen LogP contribution in [0.2, 0.25) is 0 Å². The summed E-state index contributed by atoms with van der Waals surface area (Å²) in [5, 5.41) is 31.8. The SMILES string of the molecule is NC(=O)C[C@H](NC(=O)[C@H](Cc1ccc(O)cc1)NC(=O)CNC(=O)OCC1c2ccccc2-c2ccccc21)C(=O)N[C@@H](Cc1c[nH]c2ccccc12)C(=O)NCC(=O)O. The fraction of sp³-hybridized carbons (Fsp3) is 0.233. The smallest absolute Gasteiger partial charge is 0.407 e. The maximum absolute atomic E-state index is 13.9. The fourth-order valence-electron chi connectivity index (χ4n) is 7.09. The first kappa shape index (κ1) is 41.9. The number of hydrogen-bond donors (Lipinski definition) is 9. The summed E-state index contributed by atoms with van der Waals surface area (Å²) in [5.74, 6) is -6.15. The van der Waals surface area contributed by atoms with Crippen molar-refractivity contribution in [1.82, 2.24) is 31.6 Å². The van der Waals surface area contributed by atoms with Gasteiger partial charge in [0, 0.05) is 35.9 Å². The third-order valence-corrected chi connectivity index (χ3v) is 9.95. The van der Waals surface area contributed by atoms with Crippen molar-refractivity contribution in [2.24, 2.45) is 5.73 Å². The van der Waals surface area contributed by atoms with E-state index >= 15 is 0 Å². The molecule has 0 saturated heterocycles. The minimum Gasteiger partial charge on any atom is -0.508 e. The van der Waals surface area contributed by atoms with Crippen molar-refractivity contribution in [2.45, 2.75) is 43.3 Å². The van der Waals surface area contributed by atoms with Gasteiger partial charge in [-0.2, -0.15) is 0 Å². The molecule has 5 aromatic rings. The van der Waals surface area contributed by atoms with Crippen molar-refractivity contribution in [1.29, 1.82) is 0 Å². The Kier molecular flexibility index (Phi) is 13.4. The van der Waals surface area contributed by atoms with Gasteiger partial charge in [-0.05, 0) is 51.6 Å². The maximum atomic E-state index is 13.9. The number of hydrogen-bond acceptors (Lipinski definition) is 9. The van der Waals surface area contributed by atoms with E-state index in [1.807, 2.05) is 48.5 Å². The van der Waals surface area contributed by atoms with Crippen LogP contribution in [0.15, 0.2) is 103 Å². The van der Waals surface area contributed by atoms with Crippen LogP contribution in [0.1, 0.15) is 34.6 Å². The number of nitrogens with one attached hydrogen (secondary N) is 6. The summed E-state index contributed by atoms with van der Waals surface area (Å²) in [7, 11) is 0. The number of alkyl carbamates (subject to hydrolysis) is 1. The molecule has 17 nitrogen and oxygen atoms in total. The molecule has 0 bridgehead atoms. The van der Waals surface area contributed by atoms with Gasteiger partial charge in [-0.3, -0.25) is 28.8 Å². The number of carbonyl (C=O) groups is 7. The van der Waals surface area contributed by atoms with Crippen LogP contribution < -0.4 is 32.3 Å². The second-order valence-corrected chi connectivity index (χ2v) is 14.1. The van der Waals surface area contributed by atoms with Crippen molar-refractivity contribution >= 4 is 52.5 Å². The van der Waals surface area contributed by atoms with Crippen LogP contribution in [0.25, 0.3) is 22.0 Å². The number of phenols is 1. The van der Waals surface area contributed by atoms with E-state index in [4.69, 9.17) is 15.6 Å². The van der Waals surface area contributed by atoms with E-state index in [1.165, 1.54) is 24.3 Å². The van der Waals surface area contributed by atoms with Crippen LogP contribution in [0.5, 0.6) is 5.75 Å². The Morgan fingerprint density at radius 2 is 1.28 bits per heavy atom. The van der Waals surface area contributed by atoms with Gasteiger partial charge in [-0.15, -0.1) is 0 Å². The molecule has 0 spiro atoms. The second-order valence-electron chi connectivity index (χ2n) is 14.1. The Morgan fingerprint density at radius 1 is 0.683 bits per heavy atom. The predicted molar refractivity (Wildman–Crippen MR) is 217 cm³/mol. The molecule has 10 N–H and O–H groups in total. The van der Waals surface area contributed by atoms with Gasteiger partial charge in [0.15, 0.2) is 0 Å². The normalized spacial score (nSPS) is 13.1. The molecule has 6 amide bonds. The molecule has 6 rings (SSSR count). The number of aliphatic carboxylic acids is 1. The number of carbonyl (C=O) groups excluding carboxylic acids is 6. The number of ether oxygens (including phenoxy) is 1. The summed E-state index contributed by atoms with van der Waals surface area (Å²) in [6, 6.07) is 24.1. The number of H-pyrrole nitrogens is 1. The molecule has 4 aromatic carbocycles. The molecular formula is C43H43N7O10. The van der Waals surface area contributed by atoms with E-state index in [-0.39, 0.29) is 31.1 Å². The molecule has 1 aliphatic rings. The average molecular weight is 818 g/mol. The third-order valence-electron chi connectivity index (χ3n) is 9.95. The summed E-state index contributed by atoms with van der Waals surface area (Å²) in [4.78, 5) is 93.3. The van der Waals surface area contributed by atoms with Crippen molar-refractivity contribution in [3.8, 4) is 16.9 Å². The molecule has 0 saturated carbocycles. The summed E-state index contributed by atoms with van der Waals surface area (Å²) < 4.78 is 5.51. The quantitative estimate of drug-likeness (QED) is 0.0618. The lowest BCUT2D eigenvalue weighted by Gasteiger charge is -2.25. The molecular weight excluding hydrogens is 775 g/mol. The zero-order valence-electron chi connectivity index (χ0n) is 32.1. The van der Waals surface area contributed by atoms with Gasteiger partial charge >= 0.3 is 12.1 Å². The number of amides is 6. The highest BCUT2D eigenvalue weighted by molar-refractivity contribution is 5.97. The average Bonchev–Trinajstić information content (AvgIpc) is 3.79. The Balaban J connectivity index is 1.12. The van der Waals surface area contributed by atoms with Gasteiger partial charge in [-0.25, -0.2) is 4.79 Å². The number of nitrogens with two attached hydrogens (primary N) is 1. The zero-order valence-corrected chi connectivity index (χ0v) is 32.1. The molecule has 3 atom stereocenters. The Morgan fingerprint density at radius 3 is 1.95 bits per heavy atom. The summed E-state index contributed by atoms with van der Waals surface area (Å²) in [5.41, 5.74) is 11.4. The first-order chi connectivity index (χ1) is 28.9. The Labute approximate surface area is 343 Å². The number of para-hydroxylation sites is 1. The maximum Gasteiger partial charge on any atom is 0.407 e. The van der Waals surface area contributed by atoms with E-state index in [2.05, 4.69) is 31.6 Å². The standard InChI is InChI=1S/C43H43N7O10/c44-37(52)19-36(42(58)49-35(40(56)46-22-39(54)55)18-25-20-45-33-12-6-5-7-27(25)33)50-41(57)34(17-24-13-15-26(51)16-14-24)48-38(53)21-47-43(59)60-23-32-30-10-3-1-8-28(30)29-9-2-4-11-31(29)32/h1-16,20,32,34-36,45,51H,17-19,21-23H2,(H2,44,52)(H,46,56)(H,47,59)(H,48,53)(H,49,58)(H,50,57)(H,54,55)/t34-,35-,36-/m0/s1. The highest BCUT2D eigenvalue weighted by Crippen LogP contribution is 2.44. The lowest BCUT2D eigenvalue weighted by atomic mass is 9.98. The van der Waals surface area contributed by atoms with E-state index < -0.39 is 79.2 Å². The number of benzene rings is 4. The molecule has 0 aliphatic heterocycles. The fourth-order valence-corrected chi connectivity index (χ4v) is 7.09. The van der Waals surface area contributed by atoms with Gasteiger partial charge < -0.3 is 52.3 Å². The first-order valence-corrected chi connectivity index (χ1v) is 19.0.